The predicted octanol–water partition coefficient (Wildman–Crippen LogP) is 2.96. The molecule has 0 radical (unpaired) electrons. The Morgan fingerprint density at radius 3 is 2.05 bits per heavy atom. The fraction of sp³-hybridized carbons (Fsp3) is 0.667. The molecule has 1 aliphatic rings. The average Bonchev–Trinajstić information content (AvgIpc) is 2.47. The highest BCUT2D eigenvalue weighted by Gasteiger charge is 2.34. The van der Waals surface area contributed by atoms with Gasteiger partial charge in [0.2, 0.25) is 0 Å². The lowest BCUT2D eigenvalue weighted by Gasteiger charge is -2.47. The van der Waals surface area contributed by atoms with Crippen molar-refractivity contribution in [3.05, 3.63) is 30.3 Å². The van der Waals surface area contributed by atoms with Crippen LogP contribution in [0.2, 0.25) is 0 Å². The predicted molar refractivity (Wildman–Crippen MR) is 91.8 cm³/mol. The second-order valence-corrected chi connectivity index (χ2v) is 7.67. The normalized spacial score (nSPS) is 18.0. The summed E-state index contributed by atoms with van der Waals surface area (Å²) < 4.78 is 0. The van der Waals surface area contributed by atoms with Crippen molar-refractivity contribution in [2.24, 2.45) is 11.1 Å². The third kappa shape index (κ3) is 4.21. The number of hydrogen-bond acceptors (Lipinski definition) is 3. The Labute approximate surface area is 130 Å². The molecular formula is C18H31N3. The number of rotatable bonds is 5. The maximum atomic E-state index is 5.91. The van der Waals surface area contributed by atoms with Crippen LogP contribution in [0.4, 0.5) is 5.69 Å². The number of hydrogen-bond donors (Lipinski definition) is 1. The Morgan fingerprint density at radius 2 is 1.52 bits per heavy atom. The molecule has 1 aromatic rings. The SMILES string of the molecule is CC(C)(CN)CC(C)(C)N1CCN(c2ccccc2)CC1. The van der Waals surface area contributed by atoms with Crippen LogP contribution in [0.3, 0.4) is 0 Å². The van der Waals surface area contributed by atoms with E-state index in [-0.39, 0.29) is 11.0 Å². The summed E-state index contributed by atoms with van der Waals surface area (Å²) in [4.78, 5) is 5.12. The zero-order valence-electron chi connectivity index (χ0n) is 14.1. The van der Waals surface area contributed by atoms with Crippen LogP contribution in [-0.4, -0.2) is 43.2 Å². The number of para-hydroxylation sites is 1. The molecular weight excluding hydrogens is 258 g/mol. The van der Waals surface area contributed by atoms with Crippen LogP contribution < -0.4 is 10.6 Å². The molecule has 0 atom stereocenters. The lowest BCUT2D eigenvalue weighted by atomic mass is 9.79. The van der Waals surface area contributed by atoms with E-state index in [0.29, 0.717) is 0 Å². The number of nitrogens with two attached hydrogens (primary N) is 1. The Hall–Kier alpha value is -1.06. The molecule has 1 fully saturated rings. The summed E-state index contributed by atoms with van der Waals surface area (Å²) in [6, 6.07) is 10.7. The molecule has 2 N–H and O–H groups in total. The number of anilines is 1. The molecule has 0 aromatic heterocycles. The van der Waals surface area contributed by atoms with Gasteiger partial charge in [0.25, 0.3) is 0 Å². The first kappa shape index (κ1) is 16.3. The van der Waals surface area contributed by atoms with Gasteiger partial charge in [-0.25, -0.2) is 0 Å². The Bertz CT molecular complexity index is 431. The number of benzene rings is 1. The molecule has 0 saturated carbocycles. The highest BCUT2D eigenvalue weighted by atomic mass is 15.3. The molecule has 21 heavy (non-hydrogen) atoms. The van der Waals surface area contributed by atoms with Gasteiger partial charge >= 0.3 is 0 Å². The first-order chi connectivity index (χ1) is 9.84. The van der Waals surface area contributed by atoms with E-state index in [1.165, 1.54) is 5.69 Å². The van der Waals surface area contributed by atoms with Crippen LogP contribution in [0.25, 0.3) is 0 Å². The Kier molecular flexibility index (Phi) is 4.95. The van der Waals surface area contributed by atoms with Gasteiger partial charge < -0.3 is 10.6 Å². The van der Waals surface area contributed by atoms with Crippen molar-refractivity contribution in [3.63, 3.8) is 0 Å². The molecule has 3 nitrogen and oxygen atoms in total. The standard InChI is InChI=1S/C18H31N3/c1-17(2,15-19)14-18(3,4)21-12-10-20(11-13-21)16-8-6-5-7-9-16/h5-9H,10-15,19H2,1-4H3. The van der Waals surface area contributed by atoms with Crippen LogP contribution in [0.5, 0.6) is 0 Å². The van der Waals surface area contributed by atoms with Crippen LogP contribution in [0, 0.1) is 5.41 Å². The smallest absolute Gasteiger partial charge is 0.0367 e. The summed E-state index contributed by atoms with van der Waals surface area (Å²) >= 11 is 0. The van der Waals surface area contributed by atoms with Crippen LogP contribution >= 0.6 is 0 Å². The minimum atomic E-state index is 0.208. The molecule has 1 heterocycles. The van der Waals surface area contributed by atoms with E-state index in [0.717, 1.165) is 39.1 Å². The van der Waals surface area contributed by atoms with Crippen molar-refractivity contribution in [2.45, 2.75) is 39.7 Å². The van der Waals surface area contributed by atoms with Gasteiger partial charge in [-0.2, -0.15) is 0 Å². The molecule has 1 aromatic carbocycles. The molecule has 0 bridgehead atoms. The van der Waals surface area contributed by atoms with Crippen molar-refractivity contribution >= 4 is 5.69 Å². The lowest BCUT2D eigenvalue weighted by molar-refractivity contribution is 0.0687. The van der Waals surface area contributed by atoms with E-state index in [4.69, 9.17) is 5.73 Å². The summed E-state index contributed by atoms with van der Waals surface area (Å²) in [5.41, 5.74) is 7.68. The Balaban J connectivity index is 1.94. The second-order valence-electron chi connectivity index (χ2n) is 7.67. The van der Waals surface area contributed by atoms with E-state index >= 15 is 0 Å². The fourth-order valence-electron chi connectivity index (χ4n) is 3.56. The highest BCUT2D eigenvalue weighted by Crippen LogP contribution is 2.32. The fourth-order valence-corrected chi connectivity index (χ4v) is 3.56. The summed E-state index contributed by atoms with van der Waals surface area (Å²) in [7, 11) is 0. The van der Waals surface area contributed by atoms with Gasteiger partial charge in [-0.15, -0.1) is 0 Å². The highest BCUT2D eigenvalue weighted by molar-refractivity contribution is 5.46. The molecule has 0 aliphatic carbocycles. The van der Waals surface area contributed by atoms with E-state index in [1.807, 2.05) is 0 Å². The molecule has 2 rings (SSSR count). The van der Waals surface area contributed by atoms with Crippen LogP contribution in [0.1, 0.15) is 34.1 Å². The van der Waals surface area contributed by atoms with Crippen LogP contribution in [0.15, 0.2) is 30.3 Å². The zero-order chi connectivity index (χ0) is 15.5. The first-order valence-electron chi connectivity index (χ1n) is 8.09. The zero-order valence-corrected chi connectivity index (χ0v) is 14.1. The van der Waals surface area contributed by atoms with Gasteiger partial charge in [0.15, 0.2) is 0 Å². The third-order valence-corrected chi connectivity index (χ3v) is 4.72. The molecule has 0 unspecified atom stereocenters. The monoisotopic (exact) mass is 289 g/mol. The van der Waals surface area contributed by atoms with E-state index in [1.54, 1.807) is 0 Å². The summed E-state index contributed by atoms with van der Waals surface area (Å²) in [5.74, 6) is 0. The molecule has 1 aliphatic heterocycles. The summed E-state index contributed by atoms with van der Waals surface area (Å²) in [5, 5.41) is 0. The van der Waals surface area contributed by atoms with E-state index in [2.05, 4.69) is 67.8 Å². The maximum absolute atomic E-state index is 5.91. The van der Waals surface area contributed by atoms with Gasteiger partial charge in [0, 0.05) is 37.4 Å². The summed E-state index contributed by atoms with van der Waals surface area (Å²) in [6.45, 7) is 14.5. The van der Waals surface area contributed by atoms with Crippen LogP contribution in [-0.2, 0) is 0 Å². The average molecular weight is 289 g/mol. The summed E-state index contributed by atoms with van der Waals surface area (Å²) in [6.07, 6.45) is 1.14. The minimum Gasteiger partial charge on any atom is -0.369 e. The third-order valence-electron chi connectivity index (χ3n) is 4.72. The molecule has 118 valence electrons. The Morgan fingerprint density at radius 1 is 0.952 bits per heavy atom. The number of nitrogens with zero attached hydrogens (tertiary/aromatic N) is 2. The van der Waals surface area contributed by atoms with Gasteiger partial charge in [-0.05, 0) is 44.4 Å². The molecule has 0 amide bonds. The van der Waals surface area contributed by atoms with E-state index in [9.17, 15) is 0 Å². The first-order valence-corrected chi connectivity index (χ1v) is 8.09. The number of piperazine rings is 1. The van der Waals surface area contributed by atoms with Gasteiger partial charge in [-0.3, -0.25) is 4.90 Å². The van der Waals surface area contributed by atoms with Crippen molar-refractivity contribution < 1.29 is 0 Å². The van der Waals surface area contributed by atoms with E-state index < -0.39 is 0 Å². The lowest BCUT2D eigenvalue weighted by Crippen LogP contribution is -2.56. The molecule has 0 spiro atoms. The molecule has 1 saturated heterocycles. The molecule has 3 heteroatoms. The van der Waals surface area contributed by atoms with Crippen molar-refractivity contribution in [1.29, 1.82) is 0 Å². The second kappa shape index (κ2) is 6.37. The van der Waals surface area contributed by atoms with Crippen molar-refractivity contribution in [3.8, 4) is 0 Å². The van der Waals surface area contributed by atoms with Crippen molar-refractivity contribution in [2.75, 3.05) is 37.6 Å². The topological polar surface area (TPSA) is 32.5 Å². The van der Waals surface area contributed by atoms with Gasteiger partial charge in [0.1, 0.15) is 0 Å². The van der Waals surface area contributed by atoms with Crippen molar-refractivity contribution in [1.82, 2.24) is 4.90 Å². The largest absolute Gasteiger partial charge is 0.369 e. The maximum Gasteiger partial charge on any atom is 0.0367 e. The van der Waals surface area contributed by atoms with Gasteiger partial charge in [0.05, 0.1) is 0 Å². The van der Waals surface area contributed by atoms with Gasteiger partial charge in [-0.1, -0.05) is 32.0 Å². The quantitative estimate of drug-likeness (QED) is 0.904. The minimum absolute atomic E-state index is 0.208.